The summed E-state index contributed by atoms with van der Waals surface area (Å²) in [7, 11) is 0. The van der Waals surface area contributed by atoms with Gasteiger partial charge >= 0.3 is 0 Å². The van der Waals surface area contributed by atoms with Crippen molar-refractivity contribution < 1.29 is 4.39 Å². The van der Waals surface area contributed by atoms with Crippen molar-refractivity contribution in [3.05, 3.63) is 34.1 Å². The molecule has 1 nitrogen and oxygen atoms in total. The van der Waals surface area contributed by atoms with Gasteiger partial charge in [0.05, 0.1) is 16.0 Å². The van der Waals surface area contributed by atoms with Gasteiger partial charge in [-0.15, -0.1) is 0 Å². The Bertz CT molecular complexity index is 404. The fourth-order valence-electron chi connectivity index (χ4n) is 1.85. The number of halogens is 2. The van der Waals surface area contributed by atoms with Crippen molar-refractivity contribution in [1.82, 2.24) is 0 Å². The second-order valence-electron chi connectivity index (χ2n) is 3.65. The molecule has 0 saturated heterocycles. The molecule has 1 saturated carbocycles. The van der Waals surface area contributed by atoms with E-state index in [1.54, 1.807) is 18.2 Å². The molecule has 0 unspecified atom stereocenters. The van der Waals surface area contributed by atoms with Crippen molar-refractivity contribution in [3.8, 4) is 6.07 Å². The summed E-state index contributed by atoms with van der Waals surface area (Å²) in [4.78, 5) is 0. The molecule has 0 heterocycles. The quantitative estimate of drug-likeness (QED) is 0.752. The molecule has 0 atom stereocenters. The molecule has 0 aliphatic heterocycles. The van der Waals surface area contributed by atoms with E-state index in [9.17, 15) is 4.39 Å². The third kappa shape index (κ3) is 1.26. The van der Waals surface area contributed by atoms with Gasteiger partial charge in [0, 0.05) is 5.56 Å². The number of rotatable bonds is 1. The lowest BCUT2D eigenvalue weighted by atomic mass is 9.65. The Morgan fingerprint density at radius 3 is 2.64 bits per heavy atom. The molecule has 1 aliphatic rings. The highest BCUT2D eigenvalue weighted by atomic mass is 79.9. The van der Waals surface area contributed by atoms with E-state index in [1.807, 2.05) is 0 Å². The largest absolute Gasteiger partial charge is 0.205 e. The summed E-state index contributed by atoms with van der Waals surface area (Å²) in [6.45, 7) is 0. The number of nitrogens with zero attached hydrogens (tertiary/aromatic N) is 1. The molecule has 0 aromatic heterocycles. The Morgan fingerprint density at radius 1 is 1.43 bits per heavy atom. The summed E-state index contributed by atoms with van der Waals surface area (Å²) in [5, 5.41) is 9.07. The van der Waals surface area contributed by atoms with Crippen LogP contribution >= 0.6 is 15.9 Å². The van der Waals surface area contributed by atoms with Gasteiger partial charge in [-0.05, 0) is 41.3 Å². The SMILES string of the molecule is N#CC1(c2cccc(Br)c2F)CCC1. The van der Waals surface area contributed by atoms with Crippen LogP contribution in [0.1, 0.15) is 24.8 Å². The van der Waals surface area contributed by atoms with E-state index in [0.717, 1.165) is 19.3 Å². The molecule has 1 fully saturated rings. The van der Waals surface area contributed by atoms with Crippen molar-refractivity contribution >= 4 is 15.9 Å². The van der Waals surface area contributed by atoms with Crippen LogP contribution in [0, 0.1) is 17.1 Å². The number of benzene rings is 1. The van der Waals surface area contributed by atoms with Gasteiger partial charge in [0.1, 0.15) is 5.82 Å². The van der Waals surface area contributed by atoms with Gasteiger partial charge in [0.15, 0.2) is 0 Å². The molecule has 0 N–H and O–H groups in total. The maximum Gasteiger partial charge on any atom is 0.142 e. The smallest absolute Gasteiger partial charge is 0.142 e. The first-order chi connectivity index (χ1) is 6.69. The maximum atomic E-state index is 13.7. The lowest BCUT2D eigenvalue weighted by Crippen LogP contribution is -2.33. The van der Waals surface area contributed by atoms with Crippen LogP contribution in [-0.2, 0) is 5.41 Å². The van der Waals surface area contributed by atoms with Crippen LogP contribution in [0.2, 0.25) is 0 Å². The Labute approximate surface area is 90.7 Å². The standard InChI is InChI=1S/C11H9BrFN/c12-9-4-1-3-8(10(9)13)11(7-14)5-2-6-11/h1,3-4H,2,5-6H2. The molecule has 1 aromatic carbocycles. The minimum Gasteiger partial charge on any atom is -0.205 e. The lowest BCUT2D eigenvalue weighted by Gasteiger charge is -2.35. The van der Waals surface area contributed by atoms with Gasteiger partial charge in [-0.2, -0.15) is 5.26 Å². The molecule has 1 aliphatic carbocycles. The molecular formula is C11H9BrFN. The Hall–Kier alpha value is -0.880. The first-order valence-electron chi connectivity index (χ1n) is 4.55. The van der Waals surface area contributed by atoms with Crippen molar-refractivity contribution in [2.24, 2.45) is 0 Å². The fraction of sp³-hybridized carbons (Fsp3) is 0.364. The van der Waals surface area contributed by atoms with Crippen LogP contribution in [0.5, 0.6) is 0 Å². The zero-order chi connectivity index (χ0) is 10.2. The second-order valence-corrected chi connectivity index (χ2v) is 4.50. The first kappa shape index (κ1) is 9.67. The predicted octanol–water partition coefficient (Wildman–Crippen LogP) is 3.53. The number of hydrogen-bond acceptors (Lipinski definition) is 1. The summed E-state index contributed by atoms with van der Waals surface area (Å²) in [5.74, 6) is -0.284. The van der Waals surface area contributed by atoms with E-state index in [0.29, 0.717) is 10.0 Å². The van der Waals surface area contributed by atoms with E-state index in [2.05, 4.69) is 22.0 Å². The van der Waals surface area contributed by atoms with E-state index < -0.39 is 5.41 Å². The normalized spacial score (nSPS) is 18.4. The minimum atomic E-state index is -0.562. The topological polar surface area (TPSA) is 23.8 Å². The molecule has 0 amide bonds. The van der Waals surface area contributed by atoms with Crippen molar-refractivity contribution in [1.29, 1.82) is 5.26 Å². The summed E-state index contributed by atoms with van der Waals surface area (Å²) in [6, 6.07) is 7.38. The van der Waals surface area contributed by atoms with Gasteiger partial charge < -0.3 is 0 Å². The van der Waals surface area contributed by atoms with Crippen molar-refractivity contribution in [2.45, 2.75) is 24.7 Å². The van der Waals surface area contributed by atoms with Crippen molar-refractivity contribution in [2.75, 3.05) is 0 Å². The maximum absolute atomic E-state index is 13.7. The van der Waals surface area contributed by atoms with E-state index in [-0.39, 0.29) is 5.82 Å². The van der Waals surface area contributed by atoms with E-state index in [4.69, 9.17) is 5.26 Å². The third-order valence-electron chi connectivity index (χ3n) is 2.89. The first-order valence-corrected chi connectivity index (χ1v) is 5.35. The van der Waals surface area contributed by atoms with Crippen LogP contribution in [0.3, 0.4) is 0 Å². The predicted molar refractivity (Wildman–Crippen MR) is 55.2 cm³/mol. The molecule has 0 spiro atoms. The number of hydrogen-bond donors (Lipinski definition) is 0. The summed E-state index contributed by atoms with van der Waals surface area (Å²) in [6.07, 6.45) is 2.56. The van der Waals surface area contributed by atoms with Gasteiger partial charge in [0.2, 0.25) is 0 Å². The fourth-order valence-corrected chi connectivity index (χ4v) is 2.21. The molecule has 0 bridgehead atoms. The molecule has 14 heavy (non-hydrogen) atoms. The highest BCUT2D eigenvalue weighted by Gasteiger charge is 2.41. The van der Waals surface area contributed by atoms with E-state index in [1.165, 1.54) is 0 Å². The zero-order valence-electron chi connectivity index (χ0n) is 7.56. The van der Waals surface area contributed by atoms with Crippen LogP contribution in [0.25, 0.3) is 0 Å². The molecule has 2 rings (SSSR count). The van der Waals surface area contributed by atoms with E-state index >= 15 is 0 Å². The van der Waals surface area contributed by atoms with Gasteiger partial charge in [-0.25, -0.2) is 4.39 Å². The number of nitriles is 1. The average molecular weight is 254 g/mol. The van der Waals surface area contributed by atoms with Crippen LogP contribution in [0.4, 0.5) is 4.39 Å². The van der Waals surface area contributed by atoms with Crippen molar-refractivity contribution in [3.63, 3.8) is 0 Å². The molecule has 3 heteroatoms. The molecule has 0 radical (unpaired) electrons. The van der Waals surface area contributed by atoms with Gasteiger partial charge in [-0.3, -0.25) is 0 Å². The third-order valence-corrected chi connectivity index (χ3v) is 3.50. The summed E-state index contributed by atoms with van der Waals surface area (Å²) in [5.41, 5.74) is -0.0194. The second kappa shape index (κ2) is 3.36. The minimum absolute atomic E-state index is 0.284. The Balaban J connectivity index is 2.51. The molecule has 1 aromatic rings. The molecule has 72 valence electrons. The van der Waals surface area contributed by atoms with Gasteiger partial charge in [-0.1, -0.05) is 12.1 Å². The van der Waals surface area contributed by atoms with Crippen LogP contribution in [-0.4, -0.2) is 0 Å². The Morgan fingerprint density at radius 2 is 2.14 bits per heavy atom. The van der Waals surface area contributed by atoms with Crippen LogP contribution in [0.15, 0.2) is 22.7 Å². The highest BCUT2D eigenvalue weighted by Crippen LogP contribution is 2.44. The average Bonchev–Trinajstić information content (AvgIpc) is 2.11. The van der Waals surface area contributed by atoms with Crippen LogP contribution < -0.4 is 0 Å². The Kier molecular flexibility index (Phi) is 2.32. The van der Waals surface area contributed by atoms with Gasteiger partial charge in [0.25, 0.3) is 0 Å². The zero-order valence-corrected chi connectivity index (χ0v) is 9.14. The highest BCUT2D eigenvalue weighted by molar-refractivity contribution is 9.10. The molecular weight excluding hydrogens is 245 g/mol. The summed E-state index contributed by atoms with van der Waals surface area (Å²) < 4.78 is 14.1. The monoisotopic (exact) mass is 253 g/mol. The lowest BCUT2D eigenvalue weighted by molar-refractivity contribution is 0.313. The summed E-state index contributed by atoms with van der Waals surface area (Å²) >= 11 is 3.14.